The largest absolute Gasteiger partial charge is 0.436 e. The first-order chi connectivity index (χ1) is 17.3. The maximum Gasteiger partial charge on any atom is 0.345 e. The fourth-order valence-electron chi connectivity index (χ4n) is 3.80. The molecule has 0 amide bonds. The quantitative estimate of drug-likeness (QED) is 0.134. The minimum Gasteiger partial charge on any atom is -0.436 e. The average molecular weight is 515 g/mol. The molecule has 0 aliphatic rings. The highest BCUT2D eigenvalue weighted by atomic mass is 35.5. The summed E-state index contributed by atoms with van der Waals surface area (Å²) in [5.41, 5.74) is 6.50. The van der Waals surface area contributed by atoms with Crippen LogP contribution in [0.5, 0.6) is 5.75 Å². The lowest BCUT2D eigenvalue weighted by molar-refractivity contribution is 0.0735. The summed E-state index contributed by atoms with van der Waals surface area (Å²) < 4.78 is 11.4. The molecule has 5 nitrogen and oxygen atoms in total. The lowest BCUT2D eigenvalue weighted by Crippen LogP contribution is -2.09. The number of oxazole rings is 1. The molecule has 0 aliphatic carbocycles. The van der Waals surface area contributed by atoms with Gasteiger partial charge in [-0.3, -0.25) is 4.99 Å². The molecule has 5 rings (SSSR count). The van der Waals surface area contributed by atoms with Crippen molar-refractivity contribution in [1.29, 1.82) is 0 Å². The third-order valence-corrected chi connectivity index (χ3v) is 6.01. The molecule has 1 heterocycles. The van der Waals surface area contributed by atoms with Crippen molar-refractivity contribution in [3.8, 4) is 17.2 Å². The second-order valence-electron chi connectivity index (χ2n) is 8.39. The number of nitrogens with zero attached hydrogens (tertiary/aromatic N) is 2. The number of aryl methyl sites for hydroxylation is 2. The zero-order valence-corrected chi connectivity index (χ0v) is 21.0. The number of hydrogen-bond acceptors (Lipinski definition) is 5. The van der Waals surface area contributed by atoms with Gasteiger partial charge in [-0.05, 0) is 92.2 Å². The van der Waals surface area contributed by atoms with Crippen molar-refractivity contribution in [2.24, 2.45) is 4.99 Å². The van der Waals surface area contributed by atoms with Crippen LogP contribution in [0.4, 0.5) is 5.69 Å². The van der Waals surface area contributed by atoms with Crippen LogP contribution in [0.1, 0.15) is 27.0 Å². The maximum absolute atomic E-state index is 12.4. The summed E-state index contributed by atoms with van der Waals surface area (Å²) in [6.07, 6.45) is 1.73. The van der Waals surface area contributed by atoms with Gasteiger partial charge in [0.25, 0.3) is 0 Å². The first-order valence-electron chi connectivity index (χ1n) is 11.1. The van der Waals surface area contributed by atoms with E-state index in [-0.39, 0.29) is 10.6 Å². The number of fused-ring (bicyclic) bond motifs is 1. The van der Waals surface area contributed by atoms with Crippen molar-refractivity contribution in [3.05, 3.63) is 111 Å². The van der Waals surface area contributed by atoms with Crippen LogP contribution in [0.25, 0.3) is 22.6 Å². The highest BCUT2D eigenvalue weighted by Gasteiger charge is 2.14. The summed E-state index contributed by atoms with van der Waals surface area (Å²) in [5, 5.41) is 0.682. The Morgan fingerprint density at radius 2 is 1.67 bits per heavy atom. The van der Waals surface area contributed by atoms with Gasteiger partial charge in [0.05, 0.1) is 16.3 Å². The lowest BCUT2D eigenvalue weighted by atomic mass is 10.1. The van der Waals surface area contributed by atoms with Gasteiger partial charge in [0, 0.05) is 16.8 Å². The molecule has 1 aromatic heterocycles. The molecule has 0 saturated heterocycles. The Morgan fingerprint density at radius 1 is 0.917 bits per heavy atom. The van der Waals surface area contributed by atoms with E-state index in [1.807, 2.05) is 18.2 Å². The molecule has 7 heteroatoms. The Morgan fingerprint density at radius 3 is 2.42 bits per heavy atom. The molecule has 0 bridgehead atoms. The summed E-state index contributed by atoms with van der Waals surface area (Å²) in [5.74, 6) is 0.392. The Labute approximate surface area is 218 Å². The number of carbonyl (C=O) groups is 1. The van der Waals surface area contributed by atoms with E-state index >= 15 is 0 Å². The zero-order chi connectivity index (χ0) is 25.2. The summed E-state index contributed by atoms with van der Waals surface area (Å²) >= 11 is 12.0. The number of rotatable bonds is 5. The number of esters is 1. The number of halogens is 2. The normalized spacial score (nSPS) is 11.3. The summed E-state index contributed by atoms with van der Waals surface area (Å²) in [7, 11) is 0. The second-order valence-corrected chi connectivity index (χ2v) is 9.23. The van der Waals surface area contributed by atoms with E-state index in [2.05, 4.69) is 42.0 Å². The third-order valence-electron chi connectivity index (χ3n) is 5.44. The predicted molar refractivity (Wildman–Crippen MR) is 144 cm³/mol. The van der Waals surface area contributed by atoms with E-state index in [9.17, 15) is 4.79 Å². The van der Waals surface area contributed by atoms with E-state index in [1.165, 1.54) is 6.07 Å². The standard InChI is InChI=1S/C29H20Cl2N2O3/c1-17-11-18(2)13-20(12-17)28-33-26-15-22(6-10-27(26)36-28)32-16-19-3-7-23(8-4-19)35-29(34)24-14-21(30)5-9-25(24)31/h3-16H,1-2H3. The molecule has 178 valence electrons. The topological polar surface area (TPSA) is 64.7 Å². The monoisotopic (exact) mass is 514 g/mol. The Kier molecular flexibility index (Phi) is 6.59. The molecular weight excluding hydrogens is 495 g/mol. The fourth-order valence-corrected chi connectivity index (χ4v) is 4.17. The number of ether oxygens (including phenoxy) is 1. The molecular formula is C29H20Cl2N2O3. The van der Waals surface area contributed by atoms with Crippen molar-refractivity contribution >= 4 is 52.2 Å². The first-order valence-corrected chi connectivity index (χ1v) is 11.9. The van der Waals surface area contributed by atoms with Gasteiger partial charge in [0.1, 0.15) is 11.3 Å². The number of carbonyl (C=O) groups excluding carboxylic acids is 1. The molecule has 0 saturated carbocycles. The maximum atomic E-state index is 12.4. The molecule has 0 radical (unpaired) electrons. The minimum absolute atomic E-state index is 0.207. The number of hydrogen-bond donors (Lipinski definition) is 0. The van der Waals surface area contributed by atoms with E-state index in [4.69, 9.17) is 32.4 Å². The second kappa shape index (κ2) is 9.97. The van der Waals surface area contributed by atoms with Gasteiger partial charge in [-0.2, -0.15) is 0 Å². The minimum atomic E-state index is -0.579. The SMILES string of the molecule is Cc1cc(C)cc(-c2nc3cc(N=Cc4ccc(OC(=O)c5cc(Cl)ccc5Cl)cc4)ccc3o2)c1. The van der Waals surface area contributed by atoms with E-state index in [0.29, 0.717) is 22.2 Å². The molecule has 0 atom stereocenters. The van der Waals surface area contributed by atoms with Gasteiger partial charge in [0.15, 0.2) is 5.58 Å². The molecule has 0 unspecified atom stereocenters. The Hall–Kier alpha value is -3.93. The number of aliphatic imine (C=N–C) groups is 1. The smallest absolute Gasteiger partial charge is 0.345 e. The van der Waals surface area contributed by atoms with Crippen molar-refractivity contribution in [1.82, 2.24) is 4.98 Å². The predicted octanol–water partition coefficient (Wildman–Crippen LogP) is 8.39. The van der Waals surface area contributed by atoms with Crippen LogP contribution in [0.3, 0.4) is 0 Å². The van der Waals surface area contributed by atoms with Crippen molar-refractivity contribution < 1.29 is 13.9 Å². The van der Waals surface area contributed by atoms with Gasteiger partial charge in [0.2, 0.25) is 5.89 Å². The van der Waals surface area contributed by atoms with Gasteiger partial charge < -0.3 is 9.15 Å². The Balaban J connectivity index is 1.30. The summed E-state index contributed by atoms with van der Waals surface area (Å²) in [6.45, 7) is 4.11. The third kappa shape index (κ3) is 5.33. The fraction of sp³-hybridized carbons (Fsp3) is 0.0690. The van der Waals surface area contributed by atoms with Crippen LogP contribution in [-0.4, -0.2) is 17.2 Å². The number of benzene rings is 4. The van der Waals surface area contributed by atoms with Gasteiger partial charge in [-0.15, -0.1) is 0 Å². The molecule has 0 aliphatic heterocycles. The van der Waals surface area contributed by atoms with Gasteiger partial charge >= 0.3 is 5.97 Å². The van der Waals surface area contributed by atoms with E-state index < -0.39 is 5.97 Å². The Bertz CT molecular complexity index is 1600. The van der Waals surface area contributed by atoms with Crippen LogP contribution in [0.15, 0.2) is 88.3 Å². The summed E-state index contributed by atoms with van der Waals surface area (Å²) in [6, 6.07) is 23.5. The highest BCUT2D eigenvalue weighted by molar-refractivity contribution is 6.35. The molecule has 0 N–H and O–H groups in total. The highest BCUT2D eigenvalue weighted by Crippen LogP contribution is 2.28. The molecule has 0 fully saturated rings. The van der Waals surface area contributed by atoms with Crippen LogP contribution in [0.2, 0.25) is 10.0 Å². The molecule has 4 aromatic carbocycles. The van der Waals surface area contributed by atoms with E-state index in [0.717, 1.165) is 33.5 Å². The zero-order valence-electron chi connectivity index (χ0n) is 19.5. The van der Waals surface area contributed by atoms with Crippen molar-refractivity contribution in [2.45, 2.75) is 13.8 Å². The average Bonchev–Trinajstić information content (AvgIpc) is 3.28. The van der Waals surface area contributed by atoms with Crippen LogP contribution >= 0.6 is 23.2 Å². The molecule has 5 aromatic rings. The summed E-state index contributed by atoms with van der Waals surface area (Å²) in [4.78, 5) is 21.6. The lowest BCUT2D eigenvalue weighted by Gasteiger charge is -2.06. The van der Waals surface area contributed by atoms with Crippen LogP contribution in [-0.2, 0) is 0 Å². The van der Waals surface area contributed by atoms with Crippen molar-refractivity contribution in [2.75, 3.05) is 0 Å². The van der Waals surface area contributed by atoms with Crippen LogP contribution in [0, 0.1) is 13.8 Å². The molecule has 36 heavy (non-hydrogen) atoms. The number of aromatic nitrogens is 1. The van der Waals surface area contributed by atoms with Gasteiger partial charge in [-0.1, -0.05) is 40.4 Å². The van der Waals surface area contributed by atoms with Crippen molar-refractivity contribution in [3.63, 3.8) is 0 Å². The van der Waals surface area contributed by atoms with Gasteiger partial charge in [-0.25, -0.2) is 9.78 Å². The molecule has 0 spiro atoms. The van der Waals surface area contributed by atoms with E-state index in [1.54, 1.807) is 42.6 Å². The van der Waals surface area contributed by atoms with Crippen LogP contribution < -0.4 is 4.74 Å². The first kappa shape index (κ1) is 23.8.